The highest BCUT2D eigenvalue weighted by Gasteiger charge is 2.10. The van der Waals surface area contributed by atoms with Gasteiger partial charge in [0.2, 0.25) is 0 Å². The van der Waals surface area contributed by atoms with Crippen LogP contribution < -0.4 is 15.4 Å². The first-order valence-corrected chi connectivity index (χ1v) is 10.2. The second kappa shape index (κ2) is 11.1. The maximum absolute atomic E-state index is 9.72. The number of aliphatic hydroxyl groups excluding tert-OH is 1. The fourth-order valence-electron chi connectivity index (χ4n) is 2.96. The molecule has 0 heterocycles. The number of ether oxygens (including phenoxy) is 1. The number of para-hydroxylation sites is 1. The Morgan fingerprint density at radius 3 is 2.27 bits per heavy atom. The molecule has 3 rings (SSSR count). The zero-order chi connectivity index (χ0) is 21.2. The van der Waals surface area contributed by atoms with Crippen LogP contribution in [-0.2, 0) is 13.0 Å². The predicted molar refractivity (Wildman–Crippen MR) is 128 cm³/mol. The first kappa shape index (κ1) is 21.6. The van der Waals surface area contributed by atoms with Gasteiger partial charge >= 0.3 is 0 Å². The third-order valence-corrected chi connectivity index (χ3v) is 4.83. The van der Waals surface area contributed by atoms with E-state index in [9.17, 15) is 5.11 Å². The van der Waals surface area contributed by atoms with E-state index < -0.39 is 0 Å². The van der Waals surface area contributed by atoms with E-state index in [2.05, 4.69) is 17.2 Å². The average Bonchev–Trinajstić information content (AvgIpc) is 2.79. The first-order chi connectivity index (χ1) is 14.7. The molecule has 0 aliphatic heterocycles. The van der Waals surface area contributed by atoms with Crippen molar-refractivity contribution in [3.8, 4) is 5.75 Å². The summed E-state index contributed by atoms with van der Waals surface area (Å²) in [7, 11) is 0. The number of thiocarbonyl (C=S) groups is 1. The van der Waals surface area contributed by atoms with E-state index in [0.717, 1.165) is 28.1 Å². The molecule has 3 aromatic rings. The van der Waals surface area contributed by atoms with E-state index in [0.29, 0.717) is 18.1 Å². The lowest BCUT2D eigenvalue weighted by Crippen LogP contribution is -2.41. The molecule has 0 fully saturated rings. The number of rotatable bonds is 9. The third-order valence-electron chi connectivity index (χ3n) is 4.61. The molecule has 0 spiro atoms. The van der Waals surface area contributed by atoms with Gasteiger partial charge in [-0.3, -0.25) is 0 Å². The van der Waals surface area contributed by atoms with Gasteiger partial charge in [-0.05, 0) is 59.6 Å². The summed E-state index contributed by atoms with van der Waals surface area (Å²) in [4.78, 5) is 0. The second-order valence-corrected chi connectivity index (χ2v) is 7.33. The van der Waals surface area contributed by atoms with Crippen LogP contribution in [0.1, 0.15) is 16.7 Å². The molecule has 0 radical (unpaired) electrons. The molecular weight excluding hydrogens is 392 g/mol. The van der Waals surface area contributed by atoms with Crippen molar-refractivity contribution in [1.29, 1.82) is 0 Å². The summed E-state index contributed by atoms with van der Waals surface area (Å²) in [5.41, 5.74) is 4.20. The summed E-state index contributed by atoms with van der Waals surface area (Å²) >= 11 is 5.35. The number of anilines is 1. The van der Waals surface area contributed by atoms with E-state index in [1.54, 1.807) is 0 Å². The molecule has 4 nitrogen and oxygen atoms in total. The van der Waals surface area contributed by atoms with Gasteiger partial charge in [0.1, 0.15) is 12.4 Å². The molecule has 3 N–H and O–H groups in total. The Balaban J connectivity index is 1.49. The quantitative estimate of drug-likeness (QED) is 0.436. The summed E-state index contributed by atoms with van der Waals surface area (Å²) in [5.74, 6) is 0.807. The van der Waals surface area contributed by atoms with Crippen LogP contribution in [0, 0.1) is 0 Å². The Bertz CT molecular complexity index is 941. The fraction of sp³-hybridized carbons (Fsp3) is 0.160. The molecule has 30 heavy (non-hydrogen) atoms. The SMILES string of the molecule is C=Cc1ccc(COc2ccc(C[C@@H](CO)NC(=S)Nc3ccccc3)cc2)cc1. The fourth-order valence-corrected chi connectivity index (χ4v) is 3.24. The third kappa shape index (κ3) is 6.72. The van der Waals surface area contributed by atoms with Crippen LogP contribution in [0.15, 0.2) is 85.4 Å². The highest BCUT2D eigenvalue weighted by molar-refractivity contribution is 7.80. The van der Waals surface area contributed by atoms with Crippen molar-refractivity contribution in [3.63, 3.8) is 0 Å². The minimum absolute atomic E-state index is 0.0183. The molecule has 0 aliphatic carbocycles. The summed E-state index contributed by atoms with van der Waals surface area (Å²) in [6.45, 7) is 4.25. The Morgan fingerprint density at radius 2 is 1.63 bits per heavy atom. The lowest BCUT2D eigenvalue weighted by Gasteiger charge is -2.19. The van der Waals surface area contributed by atoms with Crippen molar-refractivity contribution in [2.24, 2.45) is 0 Å². The van der Waals surface area contributed by atoms with E-state index in [1.807, 2.05) is 84.9 Å². The number of hydrogen-bond acceptors (Lipinski definition) is 3. The zero-order valence-electron chi connectivity index (χ0n) is 16.8. The van der Waals surface area contributed by atoms with Crippen LogP contribution >= 0.6 is 12.2 Å². The lowest BCUT2D eigenvalue weighted by atomic mass is 10.1. The van der Waals surface area contributed by atoms with Gasteiger partial charge in [-0.1, -0.05) is 67.3 Å². The van der Waals surface area contributed by atoms with Crippen molar-refractivity contribution < 1.29 is 9.84 Å². The van der Waals surface area contributed by atoms with Crippen molar-refractivity contribution in [1.82, 2.24) is 5.32 Å². The van der Waals surface area contributed by atoms with Crippen molar-refractivity contribution >= 4 is 29.1 Å². The minimum Gasteiger partial charge on any atom is -0.489 e. The van der Waals surface area contributed by atoms with E-state index in [1.165, 1.54) is 0 Å². The van der Waals surface area contributed by atoms with Crippen LogP contribution in [0.5, 0.6) is 5.75 Å². The maximum atomic E-state index is 9.72. The van der Waals surface area contributed by atoms with E-state index >= 15 is 0 Å². The Labute approximate surface area is 183 Å². The summed E-state index contributed by atoms with van der Waals surface area (Å²) in [5, 5.41) is 16.5. The largest absolute Gasteiger partial charge is 0.489 e. The molecule has 0 bridgehead atoms. The van der Waals surface area contributed by atoms with Crippen LogP contribution in [0.25, 0.3) is 6.08 Å². The molecular formula is C25H26N2O2S. The Kier molecular flexibility index (Phi) is 8.01. The van der Waals surface area contributed by atoms with Crippen LogP contribution in [0.4, 0.5) is 5.69 Å². The topological polar surface area (TPSA) is 53.5 Å². The number of benzene rings is 3. The second-order valence-electron chi connectivity index (χ2n) is 6.93. The molecule has 1 atom stereocenters. The van der Waals surface area contributed by atoms with Crippen molar-refractivity contribution in [3.05, 3.63) is 102 Å². The molecule has 0 unspecified atom stereocenters. The van der Waals surface area contributed by atoms with E-state index in [4.69, 9.17) is 17.0 Å². The highest BCUT2D eigenvalue weighted by Crippen LogP contribution is 2.16. The van der Waals surface area contributed by atoms with Crippen molar-refractivity contribution in [2.75, 3.05) is 11.9 Å². The molecule has 0 amide bonds. The van der Waals surface area contributed by atoms with Gasteiger partial charge in [-0.25, -0.2) is 0 Å². The molecule has 0 aromatic heterocycles. The molecule has 154 valence electrons. The van der Waals surface area contributed by atoms with E-state index in [-0.39, 0.29) is 12.6 Å². The normalized spacial score (nSPS) is 11.4. The molecule has 3 aromatic carbocycles. The number of hydrogen-bond donors (Lipinski definition) is 3. The Hall–Kier alpha value is -3.15. The van der Waals surface area contributed by atoms with Gasteiger partial charge in [0.15, 0.2) is 5.11 Å². The number of nitrogens with one attached hydrogen (secondary N) is 2. The smallest absolute Gasteiger partial charge is 0.171 e. The van der Waals surface area contributed by atoms with Gasteiger partial charge < -0.3 is 20.5 Å². The summed E-state index contributed by atoms with van der Waals surface area (Å²) in [6, 6.07) is 25.6. The Morgan fingerprint density at radius 1 is 0.967 bits per heavy atom. The zero-order valence-corrected chi connectivity index (χ0v) is 17.6. The summed E-state index contributed by atoms with van der Waals surface area (Å²) < 4.78 is 5.86. The molecule has 0 saturated heterocycles. The van der Waals surface area contributed by atoms with Crippen LogP contribution in [0.3, 0.4) is 0 Å². The van der Waals surface area contributed by atoms with Gasteiger partial charge in [0, 0.05) is 5.69 Å². The predicted octanol–water partition coefficient (Wildman–Crippen LogP) is 4.80. The van der Waals surface area contributed by atoms with Crippen LogP contribution in [0.2, 0.25) is 0 Å². The van der Waals surface area contributed by atoms with Gasteiger partial charge in [-0.2, -0.15) is 0 Å². The number of aliphatic hydroxyl groups is 1. The standard InChI is InChI=1S/C25H26N2O2S/c1-2-19-8-10-21(11-9-19)18-29-24-14-12-20(13-15-24)16-23(17-28)27-25(30)26-22-6-4-3-5-7-22/h2-15,23,28H,1,16-18H2,(H2,26,27,30)/t23-/m0/s1. The average molecular weight is 419 g/mol. The minimum atomic E-state index is -0.177. The molecule has 5 heteroatoms. The van der Waals surface area contributed by atoms with Gasteiger partial charge in [0.25, 0.3) is 0 Å². The monoisotopic (exact) mass is 418 g/mol. The highest BCUT2D eigenvalue weighted by atomic mass is 32.1. The first-order valence-electron chi connectivity index (χ1n) is 9.83. The maximum Gasteiger partial charge on any atom is 0.171 e. The lowest BCUT2D eigenvalue weighted by molar-refractivity contribution is 0.255. The molecule has 0 saturated carbocycles. The van der Waals surface area contributed by atoms with Crippen molar-refractivity contribution in [2.45, 2.75) is 19.1 Å². The van der Waals surface area contributed by atoms with Crippen LogP contribution in [-0.4, -0.2) is 22.9 Å². The molecule has 0 aliphatic rings. The van der Waals surface area contributed by atoms with Gasteiger partial charge in [-0.15, -0.1) is 0 Å². The summed E-state index contributed by atoms with van der Waals surface area (Å²) in [6.07, 6.45) is 2.47. The van der Waals surface area contributed by atoms with Gasteiger partial charge in [0.05, 0.1) is 12.6 Å².